The molecule has 5 heteroatoms. The molecule has 0 saturated heterocycles. The molecule has 2 unspecified atom stereocenters. The van der Waals surface area contributed by atoms with Gasteiger partial charge in [0, 0.05) is 27.3 Å². The Hall–Kier alpha value is 0.0600. The molecule has 1 aromatic heterocycles. The van der Waals surface area contributed by atoms with Crippen LogP contribution >= 0.6 is 27.3 Å². The van der Waals surface area contributed by atoms with Gasteiger partial charge in [-0.2, -0.15) is 0 Å². The van der Waals surface area contributed by atoms with Gasteiger partial charge in [-0.3, -0.25) is 4.90 Å². The summed E-state index contributed by atoms with van der Waals surface area (Å²) in [6.45, 7) is 5.95. The summed E-state index contributed by atoms with van der Waals surface area (Å²) in [4.78, 5) is 3.51. The normalized spacial score (nSPS) is 15.2. The molecule has 3 N–H and O–H groups in total. The molecule has 3 nitrogen and oxygen atoms in total. The topological polar surface area (TPSA) is 49.5 Å². The molecular weight excluding hydrogens is 300 g/mol. The lowest BCUT2D eigenvalue weighted by Crippen LogP contribution is -2.41. The Labute approximate surface area is 116 Å². The minimum Gasteiger partial charge on any atom is -0.395 e. The summed E-state index contributed by atoms with van der Waals surface area (Å²) in [6.07, 6.45) is 0.933. The minimum absolute atomic E-state index is 0.104. The lowest BCUT2D eigenvalue weighted by atomic mass is 10.0. The fourth-order valence-electron chi connectivity index (χ4n) is 1.99. The summed E-state index contributed by atoms with van der Waals surface area (Å²) in [5.41, 5.74) is 6.23. The average Bonchev–Trinajstić information content (AvgIpc) is 2.74. The monoisotopic (exact) mass is 320 g/mol. The second-order valence-electron chi connectivity index (χ2n) is 4.04. The first kappa shape index (κ1) is 15.1. The van der Waals surface area contributed by atoms with Gasteiger partial charge in [0.25, 0.3) is 0 Å². The molecule has 0 aliphatic carbocycles. The predicted octanol–water partition coefficient (Wildman–Crippen LogP) is 2.60. The van der Waals surface area contributed by atoms with Crippen LogP contribution in [0.4, 0.5) is 0 Å². The molecule has 0 fully saturated rings. The van der Waals surface area contributed by atoms with Crippen molar-refractivity contribution in [3.05, 3.63) is 20.8 Å². The molecule has 0 amide bonds. The average molecular weight is 321 g/mol. The lowest BCUT2D eigenvalue weighted by molar-refractivity contribution is 0.140. The van der Waals surface area contributed by atoms with Crippen LogP contribution < -0.4 is 5.73 Å². The van der Waals surface area contributed by atoms with Crippen molar-refractivity contribution in [2.75, 3.05) is 19.7 Å². The Morgan fingerprint density at radius 3 is 2.65 bits per heavy atom. The molecule has 0 saturated carbocycles. The molecule has 0 aliphatic rings. The molecule has 0 aliphatic heterocycles. The van der Waals surface area contributed by atoms with Crippen molar-refractivity contribution in [3.63, 3.8) is 0 Å². The van der Waals surface area contributed by atoms with Gasteiger partial charge in [0.15, 0.2) is 0 Å². The molecular formula is C12H21BrN2OS. The summed E-state index contributed by atoms with van der Waals surface area (Å²) >= 11 is 5.20. The molecule has 98 valence electrons. The standard InChI is InChI=1S/C12H21BrN2OS/c1-3-10(14)12(15(4-2)5-6-16)11-7-9(13)8-17-11/h7-8,10,12,16H,3-6,14H2,1-2H3. The smallest absolute Gasteiger partial charge is 0.0594 e. The van der Waals surface area contributed by atoms with Gasteiger partial charge >= 0.3 is 0 Å². The third-order valence-electron chi connectivity index (χ3n) is 2.94. The quantitative estimate of drug-likeness (QED) is 0.812. The van der Waals surface area contributed by atoms with Gasteiger partial charge in [-0.25, -0.2) is 0 Å². The second kappa shape index (κ2) is 7.48. The van der Waals surface area contributed by atoms with Gasteiger partial charge in [-0.1, -0.05) is 13.8 Å². The number of aliphatic hydroxyl groups is 1. The minimum atomic E-state index is 0.104. The van der Waals surface area contributed by atoms with Gasteiger partial charge in [0.2, 0.25) is 0 Å². The summed E-state index contributed by atoms with van der Waals surface area (Å²) in [5.74, 6) is 0. The summed E-state index contributed by atoms with van der Waals surface area (Å²) in [5, 5.41) is 11.2. The van der Waals surface area contributed by atoms with E-state index in [0.29, 0.717) is 6.54 Å². The van der Waals surface area contributed by atoms with Crippen molar-refractivity contribution in [3.8, 4) is 0 Å². The Balaban J connectivity index is 2.93. The molecule has 0 radical (unpaired) electrons. The third kappa shape index (κ3) is 4.03. The molecule has 0 aromatic carbocycles. The first-order chi connectivity index (χ1) is 8.13. The number of rotatable bonds is 7. The van der Waals surface area contributed by atoms with E-state index in [1.54, 1.807) is 11.3 Å². The Morgan fingerprint density at radius 2 is 2.24 bits per heavy atom. The van der Waals surface area contributed by atoms with Crippen molar-refractivity contribution < 1.29 is 5.11 Å². The van der Waals surface area contributed by atoms with Crippen LogP contribution in [0.15, 0.2) is 15.9 Å². The maximum absolute atomic E-state index is 9.13. The Kier molecular flexibility index (Phi) is 6.66. The van der Waals surface area contributed by atoms with Gasteiger partial charge in [0.05, 0.1) is 12.6 Å². The third-order valence-corrected chi connectivity index (χ3v) is 4.71. The van der Waals surface area contributed by atoms with E-state index in [0.717, 1.165) is 17.4 Å². The first-order valence-corrected chi connectivity index (χ1v) is 7.65. The second-order valence-corrected chi connectivity index (χ2v) is 5.89. The molecule has 0 spiro atoms. The highest BCUT2D eigenvalue weighted by molar-refractivity contribution is 9.10. The number of nitrogens with two attached hydrogens (primary N) is 1. The van der Waals surface area contributed by atoms with Gasteiger partial charge < -0.3 is 10.8 Å². The van der Waals surface area contributed by atoms with E-state index in [4.69, 9.17) is 10.8 Å². The number of hydrogen-bond acceptors (Lipinski definition) is 4. The van der Waals surface area contributed by atoms with Crippen LogP contribution in [0.25, 0.3) is 0 Å². The van der Waals surface area contributed by atoms with E-state index in [2.05, 4.69) is 46.1 Å². The van der Waals surface area contributed by atoms with Crippen molar-refractivity contribution in [1.82, 2.24) is 4.90 Å². The van der Waals surface area contributed by atoms with E-state index in [1.807, 2.05) is 0 Å². The van der Waals surface area contributed by atoms with Crippen molar-refractivity contribution in [2.24, 2.45) is 5.73 Å². The predicted molar refractivity (Wildman–Crippen MR) is 77.4 cm³/mol. The zero-order valence-electron chi connectivity index (χ0n) is 10.4. The van der Waals surface area contributed by atoms with E-state index >= 15 is 0 Å². The van der Waals surface area contributed by atoms with E-state index in [-0.39, 0.29) is 18.7 Å². The molecule has 0 bridgehead atoms. The van der Waals surface area contributed by atoms with Crippen molar-refractivity contribution in [1.29, 1.82) is 0 Å². The van der Waals surface area contributed by atoms with E-state index in [1.165, 1.54) is 4.88 Å². The molecule has 1 heterocycles. The number of halogens is 1. The van der Waals surface area contributed by atoms with E-state index < -0.39 is 0 Å². The van der Waals surface area contributed by atoms with Crippen molar-refractivity contribution >= 4 is 27.3 Å². The van der Waals surface area contributed by atoms with Crippen LogP contribution in [-0.2, 0) is 0 Å². The number of likely N-dealkylation sites (N-methyl/N-ethyl adjacent to an activating group) is 1. The van der Waals surface area contributed by atoms with Crippen LogP contribution in [0, 0.1) is 0 Å². The highest BCUT2D eigenvalue weighted by Crippen LogP contribution is 2.32. The zero-order valence-corrected chi connectivity index (χ0v) is 12.8. The first-order valence-electron chi connectivity index (χ1n) is 5.98. The van der Waals surface area contributed by atoms with Crippen LogP contribution in [0.5, 0.6) is 0 Å². The lowest BCUT2D eigenvalue weighted by Gasteiger charge is -2.33. The summed E-state index contributed by atoms with van der Waals surface area (Å²) < 4.78 is 1.10. The van der Waals surface area contributed by atoms with Crippen molar-refractivity contribution in [2.45, 2.75) is 32.4 Å². The zero-order chi connectivity index (χ0) is 12.8. The van der Waals surface area contributed by atoms with Crippen LogP contribution in [-0.4, -0.2) is 35.7 Å². The van der Waals surface area contributed by atoms with Crippen LogP contribution in [0.1, 0.15) is 31.2 Å². The largest absolute Gasteiger partial charge is 0.395 e. The van der Waals surface area contributed by atoms with Gasteiger partial charge in [-0.15, -0.1) is 11.3 Å². The molecule has 17 heavy (non-hydrogen) atoms. The van der Waals surface area contributed by atoms with Gasteiger partial charge in [-0.05, 0) is 35.0 Å². The fraction of sp³-hybridized carbons (Fsp3) is 0.667. The summed E-state index contributed by atoms with van der Waals surface area (Å²) in [7, 11) is 0. The Morgan fingerprint density at radius 1 is 1.53 bits per heavy atom. The van der Waals surface area contributed by atoms with Gasteiger partial charge in [0.1, 0.15) is 0 Å². The fourth-order valence-corrected chi connectivity index (χ4v) is 3.64. The number of thiophene rings is 1. The summed E-state index contributed by atoms with van der Waals surface area (Å²) in [6, 6.07) is 2.44. The maximum Gasteiger partial charge on any atom is 0.0594 e. The number of aliphatic hydroxyl groups excluding tert-OH is 1. The molecule has 2 atom stereocenters. The molecule has 1 rings (SSSR count). The van der Waals surface area contributed by atoms with Crippen LogP contribution in [0.2, 0.25) is 0 Å². The number of nitrogens with zero attached hydrogens (tertiary/aromatic N) is 1. The van der Waals surface area contributed by atoms with E-state index in [9.17, 15) is 0 Å². The maximum atomic E-state index is 9.13. The SMILES string of the molecule is CCC(N)C(c1cc(Br)cs1)N(CC)CCO. The molecule has 1 aromatic rings. The highest BCUT2D eigenvalue weighted by Gasteiger charge is 2.25. The van der Waals surface area contributed by atoms with Crippen LogP contribution in [0.3, 0.4) is 0 Å². The Bertz CT molecular complexity index is 332. The number of hydrogen-bond donors (Lipinski definition) is 2. The highest BCUT2D eigenvalue weighted by atomic mass is 79.9.